The van der Waals surface area contributed by atoms with Gasteiger partial charge in [-0.1, -0.05) is 6.07 Å². The Hall–Kier alpha value is -0.920. The molecule has 0 spiro atoms. The van der Waals surface area contributed by atoms with Crippen LogP contribution < -0.4 is 10.6 Å². The second-order valence-corrected chi connectivity index (χ2v) is 4.55. The van der Waals surface area contributed by atoms with Crippen molar-refractivity contribution >= 4 is 29.9 Å². The molecule has 0 aromatic heterocycles. The molecule has 1 rings (SSSR count). The fraction of sp³-hybridized carbons (Fsp3) is 0.500. The van der Waals surface area contributed by atoms with Gasteiger partial charge in [0.25, 0.3) is 0 Å². The Kier molecular flexibility index (Phi) is 9.45. The van der Waals surface area contributed by atoms with Gasteiger partial charge in [-0.3, -0.25) is 4.99 Å². The lowest BCUT2D eigenvalue weighted by Crippen LogP contribution is -2.41. The van der Waals surface area contributed by atoms with Crippen LogP contribution in [0.1, 0.15) is 26.3 Å². The summed E-state index contributed by atoms with van der Waals surface area (Å²) in [4.78, 5) is 4.35. The van der Waals surface area contributed by atoms with Crippen molar-refractivity contribution in [3.63, 3.8) is 0 Å². The highest BCUT2D eigenvalue weighted by atomic mass is 127. The first-order chi connectivity index (χ1) is 9.02. The fourth-order valence-electron chi connectivity index (χ4n) is 1.61. The third-order valence-corrected chi connectivity index (χ3v) is 2.44. The minimum absolute atomic E-state index is 0. The molecule has 0 saturated carbocycles. The molecule has 0 saturated heterocycles. The highest BCUT2D eigenvalue weighted by Gasteiger charge is 2.04. The predicted octanol–water partition coefficient (Wildman–Crippen LogP) is 3.09. The summed E-state index contributed by atoms with van der Waals surface area (Å²) in [5, 5.41) is 6.28. The van der Waals surface area contributed by atoms with E-state index in [0.29, 0.717) is 24.5 Å². The van der Waals surface area contributed by atoms with Crippen molar-refractivity contribution in [1.29, 1.82) is 0 Å². The van der Waals surface area contributed by atoms with Crippen LogP contribution in [-0.4, -0.2) is 25.1 Å². The molecule has 0 bridgehead atoms. The SMILES string of the molecule is CCNC(=NCCc1ccc(F)cc1F)NC(C)C.I. The first kappa shape index (κ1) is 19.1. The van der Waals surface area contributed by atoms with Crippen molar-refractivity contribution in [1.82, 2.24) is 10.6 Å². The summed E-state index contributed by atoms with van der Waals surface area (Å²) in [5.41, 5.74) is 0.477. The number of guanidine groups is 1. The standard InChI is InChI=1S/C14H21F2N3.HI/c1-4-17-14(19-10(2)3)18-8-7-11-5-6-12(15)9-13(11)16;/h5-6,9-10H,4,7-8H2,1-3H3,(H2,17,18,19);1H. The summed E-state index contributed by atoms with van der Waals surface area (Å²) in [6.07, 6.45) is 0.445. The van der Waals surface area contributed by atoms with Crippen molar-refractivity contribution in [2.24, 2.45) is 4.99 Å². The molecule has 1 aromatic rings. The van der Waals surface area contributed by atoms with Crippen LogP contribution in [0, 0.1) is 11.6 Å². The Labute approximate surface area is 136 Å². The van der Waals surface area contributed by atoms with Crippen molar-refractivity contribution < 1.29 is 8.78 Å². The molecule has 0 aliphatic rings. The quantitative estimate of drug-likeness (QED) is 0.455. The van der Waals surface area contributed by atoms with Gasteiger partial charge in [0, 0.05) is 25.2 Å². The van der Waals surface area contributed by atoms with Crippen LogP contribution in [0.15, 0.2) is 23.2 Å². The molecule has 20 heavy (non-hydrogen) atoms. The lowest BCUT2D eigenvalue weighted by atomic mass is 10.1. The topological polar surface area (TPSA) is 36.4 Å². The van der Waals surface area contributed by atoms with Crippen LogP contribution in [0.2, 0.25) is 0 Å². The van der Waals surface area contributed by atoms with E-state index >= 15 is 0 Å². The predicted molar refractivity (Wildman–Crippen MR) is 89.7 cm³/mol. The Bertz CT molecular complexity index is 436. The molecule has 0 heterocycles. The zero-order chi connectivity index (χ0) is 14.3. The zero-order valence-electron chi connectivity index (χ0n) is 12.0. The number of benzene rings is 1. The molecule has 0 atom stereocenters. The lowest BCUT2D eigenvalue weighted by molar-refractivity contribution is 0.572. The van der Waals surface area contributed by atoms with Crippen molar-refractivity contribution in [3.05, 3.63) is 35.4 Å². The molecule has 0 aliphatic heterocycles. The molecule has 6 heteroatoms. The second kappa shape index (κ2) is 9.90. The molecule has 0 radical (unpaired) electrons. The maximum Gasteiger partial charge on any atom is 0.191 e. The van der Waals surface area contributed by atoms with Crippen molar-refractivity contribution in [2.45, 2.75) is 33.2 Å². The number of nitrogens with one attached hydrogen (secondary N) is 2. The molecule has 0 aliphatic carbocycles. The smallest absolute Gasteiger partial charge is 0.191 e. The highest BCUT2D eigenvalue weighted by Crippen LogP contribution is 2.10. The van der Waals surface area contributed by atoms with Gasteiger partial charge >= 0.3 is 0 Å². The summed E-state index contributed by atoms with van der Waals surface area (Å²) in [6, 6.07) is 3.90. The van der Waals surface area contributed by atoms with Gasteiger partial charge < -0.3 is 10.6 Å². The monoisotopic (exact) mass is 397 g/mol. The average molecular weight is 397 g/mol. The lowest BCUT2D eigenvalue weighted by Gasteiger charge is -2.13. The van der Waals surface area contributed by atoms with E-state index in [1.165, 1.54) is 12.1 Å². The number of hydrogen-bond acceptors (Lipinski definition) is 1. The Morgan fingerprint density at radius 2 is 2.00 bits per heavy atom. The summed E-state index contributed by atoms with van der Waals surface area (Å²) in [7, 11) is 0. The highest BCUT2D eigenvalue weighted by molar-refractivity contribution is 14.0. The molecule has 0 fully saturated rings. The van der Waals surface area contributed by atoms with Crippen LogP contribution in [0.25, 0.3) is 0 Å². The van der Waals surface area contributed by atoms with Crippen LogP contribution in [-0.2, 0) is 6.42 Å². The van der Waals surface area contributed by atoms with Crippen LogP contribution in [0.5, 0.6) is 0 Å². The van der Waals surface area contributed by atoms with Gasteiger partial charge in [-0.05, 0) is 38.8 Å². The second-order valence-electron chi connectivity index (χ2n) is 4.55. The fourth-order valence-corrected chi connectivity index (χ4v) is 1.61. The number of aliphatic imine (C=N–C) groups is 1. The maximum atomic E-state index is 13.4. The van der Waals surface area contributed by atoms with E-state index < -0.39 is 11.6 Å². The number of hydrogen-bond donors (Lipinski definition) is 2. The number of nitrogens with zero attached hydrogens (tertiary/aromatic N) is 1. The van der Waals surface area contributed by atoms with Crippen molar-refractivity contribution in [3.8, 4) is 0 Å². The van der Waals surface area contributed by atoms with Gasteiger partial charge in [-0.15, -0.1) is 24.0 Å². The Morgan fingerprint density at radius 3 is 2.55 bits per heavy atom. The van der Waals surface area contributed by atoms with E-state index in [9.17, 15) is 8.78 Å². The maximum absolute atomic E-state index is 13.4. The Balaban J connectivity index is 0.00000361. The average Bonchev–Trinajstić information content (AvgIpc) is 2.31. The van der Waals surface area contributed by atoms with E-state index in [1.807, 2.05) is 20.8 Å². The minimum Gasteiger partial charge on any atom is -0.357 e. The van der Waals surface area contributed by atoms with Crippen molar-refractivity contribution in [2.75, 3.05) is 13.1 Å². The van der Waals surface area contributed by atoms with Gasteiger partial charge in [-0.25, -0.2) is 8.78 Å². The molecule has 0 amide bonds. The van der Waals surface area contributed by atoms with E-state index in [4.69, 9.17) is 0 Å². The molecular weight excluding hydrogens is 375 g/mol. The third kappa shape index (κ3) is 7.02. The molecule has 1 aromatic carbocycles. The summed E-state index contributed by atoms with van der Waals surface area (Å²) in [6.45, 7) is 7.24. The van der Waals surface area contributed by atoms with E-state index in [2.05, 4.69) is 15.6 Å². The number of halogens is 3. The van der Waals surface area contributed by atoms with E-state index in [-0.39, 0.29) is 30.0 Å². The number of rotatable bonds is 5. The van der Waals surface area contributed by atoms with Gasteiger partial charge in [0.1, 0.15) is 11.6 Å². The molecular formula is C14H22F2IN3. The molecule has 3 nitrogen and oxygen atoms in total. The van der Waals surface area contributed by atoms with Crippen LogP contribution >= 0.6 is 24.0 Å². The first-order valence-electron chi connectivity index (χ1n) is 6.51. The van der Waals surface area contributed by atoms with E-state index in [1.54, 1.807) is 0 Å². The normalized spacial score (nSPS) is 11.2. The van der Waals surface area contributed by atoms with E-state index in [0.717, 1.165) is 12.6 Å². The minimum atomic E-state index is -0.556. The summed E-state index contributed by atoms with van der Waals surface area (Å²) >= 11 is 0. The van der Waals surface area contributed by atoms with Gasteiger partial charge in [-0.2, -0.15) is 0 Å². The summed E-state index contributed by atoms with van der Waals surface area (Å²) in [5.74, 6) is -0.364. The van der Waals surface area contributed by atoms with Gasteiger partial charge in [0.15, 0.2) is 5.96 Å². The third-order valence-electron chi connectivity index (χ3n) is 2.44. The Morgan fingerprint density at radius 1 is 1.30 bits per heavy atom. The van der Waals surface area contributed by atoms with Crippen LogP contribution in [0.4, 0.5) is 8.78 Å². The van der Waals surface area contributed by atoms with Crippen LogP contribution in [0.3, 0.4) is 0 Å². The molecule has 0 unspecified atom stereocenters. The largest absolute Gasteiger partial charge is 0.357 e. The molecule has 114 valence electrons. The van der Waals surface area contributed by atoms with Gasteiger partial charge in [0.05, 0.1) is 0 Å². The zero-order valence-corrected chi connectivity index (χ0v) is 14.4. The summed E-state index contributed by atoms with van der Waals surface area (Å²) < 4.78 is 26.2. The first-order valence-corrected chi connectivity index (χ1v) is 6.51. The van der Waals surface area contributed by atoms with Gasteiger partial charge in [0.2, 0.25) is 0 Å². The molecule has 2 N–H and O–H groups in total.